The van der Waals surface area contributed by atoms with E-state index in [1.807, 2.05) is 0 Å². The number of thiophene rings is 1. The van der Waals surface area contributed by atoms with E-state index >= 15 is 0 Å². The van der Waals surface area contributed by atoms with Gasteiger partial charge in [0.2, 0.25) is 5.91 Å². The average Bonchev–Trinajstić information content (AvgIpc) is 2.54. The Morgan fingerprint density at radius 3 is 2.62 bits per heavy atom. The van der Waals surface area contributed by atoms with Gasteiger partial charge in [0, 0.05) is 0 Å². The maximum absolute atomic E-state index is 11.5. The molecule has 1 rings (SSSR count). The first-order valence-electron chi connectivity index (χ1n) is 3.53. The molecule has 0 aliphatic carbocycles. The van der Waals surface area contributed by atoms with Crippen molar-refractivity contribution in [3.05, 3.63) is 17.5 Å². The van der Waals surface area contributed by atoms with Crippen molar-refractivity contribution in [3.8, 4) is 0 Å². The van der Waals surface area contributed by atoms with Gasteiger partial charge in [-0.1, -0.05) is 6.07 Å². The number of carbonyl (C=O) groups excluding carboxylic acids is 1. The van der Waals surface area contributed by atoms with Crippen molar-refractivity contribution in [2.45, 2.75) is 16.4 Å². The average molecular weight is 219 g/mol. The molecule has 1 aromatic heterocycles. The highest BCUT2D eigenvalue weighted by molar-refractivity contribution is 7.94. The van der Waals surface area contributed by atoms with Crippen molar-refractivity contribution >= 4 is 27.1 Å². The second-order valence-corrected chi connectivity index (χ2v) is 5.96. The summed E-state index contributed by atoms with van der Waals surface area (Å²) in [7, 11) is -3.55. The summed E-state index contributed by atoms with van der Waals surface area (Å²) >= 11 is 1.08. The minimum absolute atomic E-state index is 0.179. The predicted molar refractivity (Wildman–Crippen MR) is 50.2 cm³/mol. The first-order valence-corrected chi connectivity index (χ1v) is 5.95. The summed E-state index contributed by atoms with van der Waals surface area (Å²) in [6, 6.07) is 3.07. The van der Waals surface area contributed by atoms with Gasteiger partial charge in [0.1, 0.15) is 9.46 Å². The van der Waals surface area contributed by atoms with Crippen LogP contribution in [-0.2, 0) is 14.6 Å². The lowest BCUT2D eigenvalue weighted by Crippen LogP contribution is -2.32. The van der Waals surface area contributed by atoms with Crippen LogP contribution in [0.3, 0.4) is 0 Å². The van der Waals surface area contributed by atoms with Gasteiger partial charge in [-0.05, 0) is 18.4 Å². The fourth-order valence-electron chi connectivity index (χ4n) is 0.753. The lowest BCUT2D eigenvalue weighted by atomic mass is 10.5. The van der Waals surface area contributed by atoms with Crippen LogP contribution in [0.1, 0.15) is 6.92 Å². The molecule has 6 heteroatoms. The molecule has 1 heterocycles. The molecule has 0 aliphatic heterocycles. The normalized spacial score (nSPS) is 13.9. The quantitative estimate of drug-likeness (QED) is 0.799. The minimum Gasteiger partial charge on any atom is -0.369 e. The van der Waals surface area contributed by atoms with Crippen LogP contribution in [0.25, 0.3) is 0 Å². The number of primary amides is 1. The summed E-state index contributed by atoms with van der Waals surface area (Å²) in [5.41, 5.74) is 4.91. The standard InChI is InChI=1S/C7H9NO3S2/c1-5(7(8)9)13(10,11)6-3-2-4-12-6/h2-5H,1H3,(H2,8,9). The van der Waals surface area contributed by atoms with E-state index in [9.17, 15) is 13.2 Å². The van der Waals surface area contributed by atoms with Gasteiger partial charge >= 0.3 is 0 Å². The Labute approximate surface area is 80.3 Å². The molecule has 1 amide bonds. The van der Waals surface area contributed by atoms with Gasteiger partial charge < -0.3 is 5.73 Å². The summed E-state index contributed by atoms with van der Waals surface area (Å²) in [6.45, 7) is 1.29. The fourth-order valence-corrected chi connectivity index (χ4v) is 3.26. The van der Waals surface area contributed by atoms with Crippen LogP contribution in [0.15, 0.2) is 21.7 Å². The highest BCUT2D eigenvalue weighted by atomic mass is 32.2. The van der Waals surface area contributed by atoms with E-state index in [0.29, 0.717) is 0 Å². The molecular weight excluding hydrogens is 210 g/mol. The SMILES string of the molecule is CC(C(N)=O)S(=O)(=O)c1cccs1. The Balaban J connectivity index is 3.11. The Bertz CT molecular complexity index is 393. The minimum atomic E-state index is -3.55. The maximum Gasteiger partial charge on any atom is 0.235 e. The monoisotopic (exact) mass is 219 g/mol. The Morgan fingerprint density at radius 2 is 2.23 bits per heavy atom. The van der Waals surface area contributed by atoms with Crippen LogP contribution in [-0.4, -0.2) is 19.6 Å². The number of amides is 1. The Morgan fingerprint density at radius 1 is 1.62 bits per heavy atom. The lowest BCUT2D eigenvalue weighted by Gasteiger charge is -2.06. The van der Waals surface area contributed by atoms with Gasteiger partial charge in [-0.3, -0.25) is 4.79 Å². The molecule has 0 saturated heterocycles. The molecule has 0 saturated carbocycles. The summed E-state index contributed by atoms with van der Waals surface area (Å²) in [5.74, 6) is -0.826. The fraction of sp³-hybridized carbons (Fsp3) is 0.286. The molecule has 1 atom stereocenters. The highest BCUT2D eigenvalue weighted by Gasteiger charge is 2.28. The van der Waals surface area contributed by atoms with E-state index in [-0.39, 0.29) is 4.21 Å². The van der Waals surface area contributed by atoms with Gasteiger partial charge in [0.15, 0.2) is 9.84 Å². The van der Waals surface area contributed by atoms with Gasteiger partial charge in [-0.15, -0.1) is 11.3 Å². The lowest BCUT2D eigenvalue weighted by molar-refractivity contribution is -0.117. The number of rotatable bonds is 3. The second-order valence-electron chi connectivity index (χ2n) is 2.52. The van der Waals surface area contributed by atoms with Crippen molar-refractivity contribution in [1.82, 2.24) is 0 Å². The van der Waals surface area contributed by atoms with Gasteiger partial charge in [0.05, 0.1) is 0 Å². The largest absolute Gasteiger partial charge is 0.369 e. The predicted octanol–water partition coefficient (Wildman–Crippen LogP) is 0.396. The molecule has 1 unspecified atom stereocenters. The van der Waals surface area contributed by atoms with Crippen molar-refractivity contribution in [3.63, 3.8) is 0 Å². The van der Waals surface area contributed by atoms with Crippen LogP contribution < -0.4 is 5.73 Å². The van der Waals surface area contributed by atoms with Gasteiger partial charge in [-0.2, -0.15) is 0 Å². The number of hydrogen-bond acceptors (Lipinski definition) is 4. The number of hydrogen-bond donors (Lipinski definition) is 1. The molecule has 0 fully saturated rings. The van der Waals surface area contributed by atoms with Crippen LogP contribution in [0, 0.1) is 0 Å². The summed E-state index contributed by atoms with van der Waals surface area (Å²) in [4.78, 5) is 10.7. The summed E-state index contributed by atoms with van der Waals surface area (Å²) < 4.78 is 23.3. The summed E-state index contributed by atoms with van der Waals surface area (Å²) in [5, 5.41) is 0.479. The molecule has 13 heavy (non-hydrogen) atoms. The third-order valence-corrected chi connectivity index (χ3v) is 5.15. The molecular formula is C7H9NO3S2. The molecule has 4 nitrogen and oxygen atoms in total. The maximum atomic E-state index is 11.5. The van der Waals surface area contributed by atoms with Gasteiger partial charge in [0.25, 0.3) is 0 Å². The third kappa shape index (κ3) is 1.89. The Hall–Kier alpha value is -0.880. The van der Waals surface area contributed by atoms with Crippen LogP contribution in [0.4, 0.5) is 0 Å². The van der Waals surface area contributed by atoms with Crippen LogP contribution >= 0.6 is 11.3 Å². The second kappa shape index (κ2) is 3.47. The van der Waals surface area contributed by atoms with Crippen LogP contribution in [0.5, 0.6) is 0 Å². The smallest absolute Gasteiger partial charge is 0.235 e. The molecule has 72 valence electrons. The van der Waals surface area contributed by atoms with Gasteiger partial charge in [-0.25, -0.2) is 8.42 Å². The molecule has 0 aromatic carbocycles. The van der Waals surface area contributed by atoms with Crippen LogP contribution in [0.2, 0.25) is 0 Å². The molecule has 1 aromatic rings. The van der Waals surface area contributed by atoms with Crippen molar-refractivity contribution in [2.75, 3.05) is 0 Å². The molecule has 0 radical (unpaired) electrons. The van der Waals surface area contributed by atoms with E-state index in [1.54, 1.807) is 11.4 Å². The zero-order chi connectivity index (χ0) is 10.1. The first-order chi connectivity index (χ1) is 5.96. The van der Waals surface area contributed by atoms with Crippen molar-refractivity contribution in [2.24, 2.45) is 5.73 Å². The zero-order valence-corrected chi connectivity index (χ0v) is 8.56. The van der Waals surface area contributed by atoms with E-state index in [1.165, 1.54) is 13.0 Å². The molecule has 0 bridgehead atoms. The van der Waals surface area contributed by atoms with E-state index in [2.05, 4.69) is 0 Å². The van der Waals surface area contributed by atoms with Crippen molar-refractivity contribution in [1.29, 1.82) is 0 Å². The zero-order valence-electron chi connectivity index (χ0n) is 6.93. The Kier molecular flexibility index (Phi) is 2.72. The molecule has 0 spiro atoms. The van der Waals surface area contributed by atoms with E-state index in [0.717, 1.165) is 11.3 Å². The highest BCUT2D eigenvalue weighted by Crippen LogP contribution is 2.20. The topological polar surface area (TPSA) is 77.2 Å². The van der Waals surface area contributed by atoms with Crippen molar-refractivity contribution < 1.29 is 13.2 Å². The van der Waals surface area contributed by atoms with E-state index in [4.69, 9.17) is 5.73 Å². The molecule has 2 N–H and O–H groups in total. The third-order valence-electron chi connectivity index (χ3n) is 1.64. The summed E-state index contributed by atoms with van der Waals surface area (Å²) in [6.07, 6.45) is 0. The molecule has 0 aliphatic rings. The van der Waals surface area contributed by atoms with E-state index < -0.39 is 21.0 Å². The number of nitrogens with two attached hydrogens (primary N) is 1. The number of sulfone groups is 1. The first kappa shape index (κ1) is 10.2. The number of carbonyl (C=O) groups is 1.